The van der Waals surface area contributed by atoms with Crippen LogP contribution in [0.4, 0.5) is 11.4 Å². The van der Waals surface area contributed by atoms with Crippen LogP contribution in [-0.4, -0.2) is 106 Å². The molecule has 24 heteroatoms. The molecule has 2 aromatic carbocycles. The van der Waals surface area contributed by atoms with Crippen molar-refractivity contribution < 1.29 is 43.0 Å². The maximum atomic E-state index is 12.9. The predicted molar refractivity (Wildman–Crippen MR) is 248 cm³/mol. The van der Waals surface area contributed by atoms with Crippen LogP contribution >= 0.6 is 0 Å². The zero-order valence-electron chi connectivity index (χ0n) is 38.1. The Kier molecular flexibility index (Phi) is 13.6. The third-order valence-corrected chi connectivity index (χ3v) is 10.1. The molecule has 2 aliphatic heterocycles. The highest BCUT2D eigenvalue weighted by Gasteiger charge is 2.22. The van der Waals surface area contributed by atoms with Crippen LogP contribution in [0.15, 0.2) is 85.3 Å². The van der Waals surface area contributed by atoms with E-state index in [4.69, 9.17) is 9.47 Å². The van der Waals surface area contributed by atoms with Crippen molar-refractivity contribution in [2.75, 3.05) is 30.4 Å². The number of nitrogens with one attached hydrogen (secondary N) is 7. The number of nitrogens with zero attached hydrogens (tertiary/aromatic N) is 8. The smallest absolute Gasteiger partial charge is 0.270 e. The summed E-state index contributed by atoms with van der Waals surface area (Å²) in [7, 11) is 0. The summed E-state index contributed by atoms with van der Waals surface area (Å²) >= 11 is 0. The van der Waals surface area contributed by atoms with E-state index in [1.165, 1.54) is 33.6 Å². The number of hydrogen-bond acceptors (Lipinski definition) is 15. The average Bonchev–Trinajstić information content (AvgIpc) is 4.02. The number of fused-ring (bicyclic) bond motifs is 4. The highest BCUT2D eigenvalue weighted by molar-refractivity contribution is 6.00. The van der Waals surface area contributed by atoms with Crippen LogP contribution in [0.2, 0.25) is 0 Å². The number of rotatable bonds is 12. The predicted octanol–water partition coefficient (Wildman–Crippen LogP) is 1.65. The van der Waals surface area contributed by atoms with Gasteiger partial charge in [-0.25, -0.2) is 29.0 Å². The fraction of sp³-hybridized carbons (Fsp3) is 0.239. The maximum Gasteiger partial charge on any atom is 0.270 e. The molecule has 0 atom stereocenters. The van der Waals surface area contributed by atoms with E-state index in [2.05, 4.69) is 67.4 Å². The van der Waals surface area contributed by atoms with Gasteiger partial charge in [0.1, 0.15) is 40.1 Å². The summed E-state index contributed by atoms with van der Waals surface area (Å²) in [5, 5.41) is 27.3. The summed E-state index contributed by atoms with van der Waals surface area (Å²) in [6.45, 7) is 7.50. The Morgan fingerprint density at radius 1 is 0.614 bits per heavy atom. The van der Waals surface area contributed by atoms with Crippen LogP contribution in [-0.2, 0) is 34.0 Å². The third-order valence-electron chi connectivity index (χ3n) is 10.1. The van der Waals surface area contributed by atoms with Crippen LogP contribution < -0.4 is 46.7 Å². The van der Waals surface area contributed by atoms with E-state index in [0.717, 1.165) is 11.1 Å². The van der Waals surface area contributed by atoms with Crippen LogP contribution in [0.5, 0.6) is 11.5 Å². The van der Waals surface area contributed by atoms with Gasteiger partial charge in [0.2, 0.25) is 5.91 Å². The van der Waals surface area contributed by atoms with E-state index in [1.807, 2.05) is 20.8 Å². The lowest BCUT2D eigenvalue weighted by Crippen LogP contribution is -2.46. The van der Waals surface area contributed by atoms with Gasteiger partial charge in [-0.15, -0.1) is 0 Å². The number of aryl methyl sites for hydroxylation is 1. The first kappa shape index (κ1) is 47.2. The van der Waals surface area contributed by atoms with E-state index in [9.17, 15) is 33.6 Å². The first-order valence-electron chi connectivity index (χ1n) is 21.6. The van der Waals surface area contributed by atoms with Crippen molar-refractivity contribution in [1.29, 1.82) is 0 Å². The minimum atomic E-state index is -0.579. The van der Waals surface area contributed by atoms with Gasteiger partial charge in [-0.05, 0) is 69.2 Å². The molecule has 70 heavy (non-hydrogen) atoms. The molecule has 0 saturated carbocycles. The molecular weight excluding hydrogens is 907 g/mol. The third kappa shape index (κ3) is 11.6. The van der Waals surface area contributed by atoms with Gasteiger partial charge in [-0.1, -0.05) is 12.1 Å². The summed E-state index contributed by atoms with van der Waals surface area (Å²) in [4.78, 5) is 103. The van der Waals surface area contributed by atoms with Crippen molar-refractivity contribution in [3.8, 4) is 11.5 Å². The fourth-order valence-corrected chi connectivity index (χ4v) is 6.99. The SMILES string of the molecule is CC(C)(C)NC(=O)CNC(=O)c1cc(C(=O)NCc2ccc3c(c2)NC(=O)CO3)nc2ccnn12.Cc1nccc(CNC(=O)c2cc(C(=O)NCc3ccc4c(c3)NC(=O)CO4)nc3ccnn23)n1. The number of ether oxygens (including phenoxy) is 2. The number of carbonyl (C=O) groups is 7. The molecule has 358 valence electrons. The van der Waals surface area contributed by atoms with Crippen molar-refractivity contribution in [3.63, 3.8) is 0 Å². The molecule has 7 heterocycles. The Balaban J connectivity index is 0.000000188. The van der Waals surface area contributed by atoms with E-state index < -0.39 is 29.2 Å². The Morgan fingerprint density at radius 2 is 1.11 bits per heavy atom. The number of carbonyl (C=O) groups excluding carboxylic acids is 7. The topological polar surface area (TPSA) is 308 Å². The zero-order chi connectivity index (χ0) is 49.5. The summed E-state index contributed by atoms with van der Waals surface area (Å²) in [6, 6.07) is 18.0. The van der Waals surface area contributed by atoms with Crippen LogP contribution in [0, 0.1) is 6.92 Å². The van der Waals surface area contributed by atoms with Gasteiger partial charge < -0.3 is 46.7 Å². The van der Waals surface area contributed by atoms with Gasteiger partial charge in [0, 0.05) is 49.1 Å². The number of aromatic nitrogens is 8. The Hall–Kier alpha value is -9.35. The minimum absolute atomic E-state index is 0.0110. The molecule has 0 aliphatic carbocycles. The first-order chi connectivity index (χ1) is 33.5. The molecule has 0 radical (unpaired) electrons. The largest absolute Gasteiger partial charge is 0.482 e. The highest BCUT2D eigenvalue weighted by Crippen LogP contribution is 2.29. The van der Waals surface area contributed by atoms with E-state index >= 15 is 0 Å². The van der Waals surface area contributed by atoms with E-state index in [1.54, 1.807) is 67.7 Å². The van der Waals surface area contributed by atoms with Crippen molar-refractivity contribution in [2.45, 2.75) is 52.9 Å². The summed E-state index contributed by atoms with van der Waals surface area (Å²) in [5.41, 5.74) is 3.73. The lowest BCUT2D eigenvalue weighted by atomic mass is 10.1. The second-order valence-corrected chi connectivity index (χ2v) is 16.7. The van der Waals surface area contributed by atoms with Gasteiger partial charge >= 0.3 is 0 Å². The number of anilines is 2. The Bertz CT molecular complexity index is 3210. The minimum Gasteiger partial charge on any atom is -0.482 e. The molecule has 0 saturated heterocycles. The standard InChI is InChI=1S/C23H20N8O4.C23H25N7O5/c1-13-24-6-4-15(28-13)11-26-23(34)18-9-17(29-20-5-7-27-31(18)20)22(33)25-10-14-2-3-19-16(8-14)30-21(32)12-35-19;1-23(2,3)29-19(31)11-25-22(34)16-9-15(27-18-6-7-26-30(16)18)21(33)24-10-13-4-5-17-14(8-13)28-20(32)12-35-17/h2-9H,10-12H2,1H3,(H,25,33)(H,26,34)(H,30,32);4-9H,10-12H2,1-3H3,(H,24,33)(H,25,34)(H,28,32)(H,29,31). The summed E-state index contributed by atoms with van der Waals surface area (Å²) in [5.74, 6) is -1.10. The van der Waals surface area contributed by atoms with Gasteiger partial charge in [0.15, 0.2) is 24.5 Å². The second kappa shape index (κ2) is 20.3. The van der Waals surface area contributed by atoms with Crippen molar-refractivity contribution >= 4 is 64.0 Å². The van der Waals surface area contributed by atoms with E-state index in [-0.39, 0.29) is 79.9 Å². The molecular formula is C46H45N15O9. The zero-order valence-corrected chi connectivity index (χ0v) is 38.1. The van der Waals surface area contributed by atoms with Crippen molar-refractivity contribution in [3.05, 3.63) is 131 Å². The molecule has 7 aromatic rings. The number of hydrogen-bond donors (Lipinski definition) is 7. The molecule has 0 unspecified atom stereocenters. The van der Waals surface area contributed by atoms with Crippen molar-refractivity contribution in [1.82, 2.24) is 65.7 Å². The lowest BCUT2D eigenvalue weighted by Gasteiger charge is -2.20. The molecule has 7 amide bonds. The fourth-order valence-electron chi connectivity index (χ4n) is 6.99. The highest BCUT2D eigenvalue weighted by atomic mass is 16.5. The molecule has 9 rings (SSSR count). The molecule has 24 nitrogen and oxygen atoms in total. The monoisotopic (exact) mass is 951 g/mol. The van der Waals surface area contributed by atoms with Gasteiger partial charge in [0.05, 0.1) is 42.6 Å². The van der Waals surface area contributed by atoms with E-state index in [0.29, 0.717) is 45.7 Å². The first-order valence-corrected chi connectivity index (χ1v) is 21.6. The van der Waals surface area contributed by atoms with Crippen LogP contribution in [0.3, 0.4) is 0 Å². The number of amides is 7. The normalized spacial score (nSPS) is 12.6. The number of benzene rings is 2. The van der Waals surface area contributed by atoms with Crippen LogP contribution in [0.1, 0.15) is 85.4 Å². The average molecular weight is 952 g/mol. The molecule has 0 spiro atoms. The summed E-state index contributed by atoms with van der Waals surface area (Å²) in [6.07, 6.45) is 4.57. The summed E-state index contributed by atoms with van der Waals surface area (Å²) < 4.78 is 13.3. The van der Waals surface area contributed by atoms with Gasteiger partial charge in [-0.3, -0.25) is 33.6 Å². The molecule has 0 fully saturated rings. The molecule has 7 N–H and O–H groups in total. The molecule has 5 aromatic heterocycles. The van der Waals surface area contributed by atoms with Gasteiger partial charge in [-0.2, -0.15) is 10.2 Å². The Labute approximate surface area is 397 Å². The lowest BCUT2D eigenvalue weighted by molar-refractivity contribution is -0.121. The second-order valence-electron chi connectivity index (χ2n) is 16.7. The van der Waals surface area contributed by atoms with Gasteiger partial charge in [0.25, 0.3) is 35.4 Å². The molecule has 0 bridgehead atoms. The quantitative estimate of drug-likeness (QED) is 0.0916. The molecule has 2 aliphatic rings. The van der Waals surface area contributed by atoms with Crippen LogP contribution in [0.25, 0.3) is 11.3 Å². The maximum absolute atomic E-state index is 12.9. The Morgan fingerprint density at radius 3 is 1.61 bits per heavy atom. The van der Waals surface area contributed by atoms with Crippen molar-refractivity contribution in [2.24, 2.45) is 0 Å².